The molecule has 0 radical (unpaired) electrons. The smallest absolute Gasteiger partial charge is 0.339 e. The highest BCUT2D eigenvalue weighted by Gasteiger charge is 2.17. The molecule has 0 heterocycles. The molecule has 0 fully saturated rings. The summed E-state index contributed by atoms with van der Waals surface area (Å²) >= 11 is 5.78. The normalized spacial score (nSPS) is 11.2. The van der Waals surface area contributed by atoms with Crippen molar-refractivity contribution >= 4 is 37.3 Å². The average Bonchev–Trinajstić information content (AvgIpc) is 2.24. The Labute approximate surface area is 109 Å². The molecule has 0 aliphatic heterocycles. The van der Waals surface area contributed by atoms with Gasteiger partial charge in [-0.2, -0.15) is 0 Å². The minimum atomic E-state index is -3.89. The van der Waals surface area contributed by atoms with Crippen molar-refractivity contribution in [3.63, 3.8) is 0 Å². The Morgan fingerprint density at radius 2 is 2.06 bits per heavy atom. The van der Waals surface area contributed by atoms with Crippen LogP contribution in [-0.4, -0.2) is 21.0 Å². The van der Waals surface area contributed by atoms with Gasteiger partial charge in [-0.25, -0.2) is 13.2 Å². The van der Waals surface area contributed by atoms with Crippen molar-refractivity contribution in [2.75, 3.05) is 6.61 Å². The van der Waals surface area contributed by atoms with E-state index in [9.17, 15) is 13.2 Å². The van der Waals surface area contributed by atoms with Crippen LogP contribution in [0.1, 0.15) is 23.7 Å². The van der Waals surface area contributed by atoms with Crippen molar-refractivity contribution in [2.45, 2.75) is 18.2 Å². The second-order valence-corrected chi connectivity index (χ2v) is 6.19. The van der Waals surface area contributed by atoms with Gasteiger partial charge in [0.05, 0.1) is 22.1 Å². The van der Waals surface area contributed by atoms with Crippen molar-refractivity contribution in [3.8, 4) is 0 Å². The molecule has 0 saturated carbocycles. The largest absolute Gasteiger partial charge is 0.462 e. The van der Waals surface area contributed by atoms with Crippen LogP contribution in [0.2, 0.25) is 5.02 Å². The van der Waals surface area contributed by atoms with E-state index in [-0.39, 0.29) is 22.1 Å². The Morgan fingerprint density at radius 1 is 1.41 bits per heavy atom. The van der Waals surface area contributed by atoms with Gasteiger partial charge in [0, 0.05) is 10.7 Å². The number of ether oxygens (including phenoxy) is 1. The third kappa shape index (κ3) is 3.87. The lowest BCUT2D eigenvalue weighted by Crippen LogP contribution is -2.07. The molecule has 1 aromatic carbocycles. The fourth-order valence-corrected chi connectivity index (χ4v) is 2.06. The first-order valence-electron chi connectivity index (χ1n) is 4.77. The molecule has 94 valence electrons. The summed E-state index contributed by atoms with van der Waals surface area (Å²) in [5.74, 6) is -0.668. The first-order valence-corrected chi connectivity index (χ1v) is 7.46. The lowest BCUT2D eigenvalue weighted by atomic mass is 10.2. The lowest BCUT2D eigenvalue weighted by molar-refractivity contribution is 0.0505. The maximum absolute atomic E-state index is 11.6. The van der Waals surface area contributed by atoms with Crippen molar-refractivity contribution in [1.82, 2.24) is 0 Å². The van der Waals surface area contributed by atoms with Gasteiger partial charge < -0.3 is 4.74 Å². The number of rotatable bonds is 4. The van der Waals surface area contributed by atoms with Gasteiger partial charge in [-0.15, -0.1) is 0 Å². The van der Waals surface area contributed by atoms with Crippen LogP contribution in [0.5, 0.6) is 0 Å². The summed E-state index contributed by atoms with van der Waals surface area (Å²) < 4.78 is 27.1. The van der Waals surface area contributed by atoms with E-state index >= 15 is 0 Å². The summed E-state index contributed by atoms with van der Waals surface area (Å²) in [6, 6.07) is 3.61. The van der Waals surface area contributed by atoms with Gasteiger partial charge in [-0.1, -0.05) is 18.5 Å². The van der Waals surface area contributed by atoms with Gasteiger partial charge in [-0.05, 0) is 24.6 Å². The summed E-state index contributed by atoms with van der Waals surface area (Å²) in [6.45, 7) is 2.08. The van der Waals surface area contributed by atoms with Crippen LogP contribution in [0.25, 0.3) is 0 Å². The SMILES string of the molecule is CCCOC(=O)c1cc(S(=O)(=O)Cl)ccc1Cl. The van der Waals surface area contributed by atoms with E-state index in [4.69, 9.17) is 27.0 Å². The van der Waals surface area contributed by atoms with E-state index in [2.05, 4.69) is 0 Å². The number of halogens is 2. The zero-order valence-corrected chi connectivity index (χ0v) is 11.3. The molecule has 0 aromatic heterocycles. The Hall–Kier alpha value is -0.780. The highest BCUT2D eigenvalue weighted by molar-refractivity contribution is 8.13. The predicted molar refractivity (Wildman–Crippen MR) is 65.1 cm³/mol. The van der Waals surface area contributed by atoms with Crippen LogP contribution >= 0.6 is 22.3 Å². The Kier molecular flexibility index (Phi) is 4.80. The van der Waals surface area contributed by atoms with Gasteiger partial charge >= 0.3 is 5.97 Å². The first-order chi connectivity index (χ1) is 7.86. The molecule has 0 spiro atoms. The van der Waals surface area contributed by atoms with Gasteiger partial charge in [0.1, 0.15) is 0 Å². The van der Waals surface area contributed by atoms with Gasteiger partial charge in [0.15, 0.2) is 0 Å². The molecule has 4 nitrogen and oxygen atoms in total. The van der Waals surface area contributed by atoms with Crippen LogP contribution in [-0.2, 0) is 13.8 Å². The molecule has 0 aliphatic carbocycles. The summed E-state index contributed by atoms with van der Waals surface area (Å²) in [5.41, 5.74) is -0.0122. The molecule has 1 aromatic rings. The highest BCUT2D eigenvalue weighted by atomic mass is 35.7. The zero-order chi connectivity index (χ0) is 13.1. The molecular formula is C10H10Cl2O4S. The number of carbonyl (C=O) groups excluding carboxylic acids is 1. The number of hydrogen-bond acceptors (Lipinski definition) is 4. The monoisotopic (exact) mass is 296 g/mol. The van der Waals surface area contributed by atoms with Crippen molar-refractivity contribution in [3.05, 3.63) is 28.8 Å². The quantitative estimate of drug-likeness (QED) is 0.633. The van der Waals surface area contributed by atoms with Gasteiger partial charge in [-0.3, -0.25) is 0 Å². The molecular weight excluding hydrogens is 287 g/mol. The second-order valence-electron chi connectivity index (χ2n) is 3.22. The van der Waals surface area contributed by atoms with Gasteiger partial charge in [0.2, 0.25) is 0 Å². The molecule has 0 unspecified atom stereocenters. The first kappa shape index (κ1) is 14.3. The third-order valence-corrected chi connectivity index (χ3v) is 3.56. The van der Waals surface area contributed by atoms with Crippen LogP contribution in [0.3, 0.4) is 0 Å². The summed E-state index contributed by atoms with van der Waals surface area (Å²) in [4.78, 5) is 11.4. The molecule has 1 rings (SSSR count). The van der Waals surface area contributed by atoms with Crippen LogP contribution in [0.15, 0.2) is 23.1 Å². The molecule has 7 heteroatoms. The van der Waals surface area contributed by atoms with Gasteiger partial charge in [0.25, 0.3) is 9.05 Å². The van der Waals surface area contributed by atoms with E-state index in [0.29, 0.717) is 6.42 Å². The van der Waals surface area contributed by atoms with E-state index in [1.165, 1.54) is 12.1 Å². The number of esters is 1. The second kappa shape index (κ2) is 5.71. The van der Waals surface area contributed by atoms with E-state index < -0.39 is 15.0 Å². The van der Waals surface area contributed by atoms with Crippen molar-refractivity contribution in [2.24, 2.45) is 0 Å². The average molecular weight is 297 g/mol. The maximum atomic E-state index is 11.6. The molecule has 0 aliphatic rings. The Bertz CT molecular complexity index is 525. The fraction of sp³-hybridized carbons (Fsp3) is 0.300. The summed E-state index contributed by atoms with van der Waals surface area (Å²) in [6.07, 6.45) is 0.664. The molecule has 0 bridgehead atoms. The summed E-state index contributed by atoms with van der Waals surface area (Å²) in [5, 5.41) is 0.121. The van der Waals surface area contributed by atoms with Crippen molar-refractivity contribution < 1.29 is 17.9 Å². The molecule has 0 amide bonds. The van der Waals surface area contributed by atoms with Crippen LogP contribution < -0.4 is 0 Å². The predicted octanol–water partition coefficient (Wildman–Crippen LogP) is 2.83. The third-order valence-electron chi connectivity index (χ3n) is 1.88. The Morgan fingerprint density at radius 3 is 2.59 bits per heavy atom. The van der Waals surface area contributed by atoms with E-state index in [0.717, 1.165) is 6.07 Å². The fourth-order valence-electron chi connectivity index (χ4n) is 1.08. The number of hydrogen-bond donors (Lipinski definition) is 0. The maximum Gasteiger partial charge on any atom is 0.339 e. The topological polar surface area (TPSA) is 60.4 Å². The van der Waals surface area contributed by atoms with E-state index in [1.54, 1.807) is 0 Å². The minimum absolute atomic E-state index is 0.0122. The standard InChI is InChI=1S/C10H10Cl2O4S/c1-2-5-16-10(13)8-6-7(17(12,14)15)3-4-9(8)11/h3-4,6H,2,5H2,1H3. The van der Waals surface area contributed by atoms with Crippen LogP contribution in [0.4, 0.5) is 0 Å². The zero-order valence-electron chi connectivity index (χ0n) is 8.94. The van der Waals surface area contributed by atoms with E-state index in [1.807, 2.05) is 6.92 Å². The molecule has 0 N–H and O–H groups in total. The molecule has 0 atom stereocenters. The Balaban J connectivity index is 3.11. The molecule has 0 saturated heterocycles. The highest BCUT2D eigenvalue weighted by Crippen LogP contribution is 2.23. The number of carbonyl (C=O) groups is 1. The van der Waals surface area contributed by atoms with Crippen LogP contribution in [0, 0.1) is 0 Å². The van der Waals surface area contributed by atoms with Crippen molar-refractivity contribution in [1.29, 1.82) is 0 Å². The minimum Gasteiger partial charge on any atom is -0.462 e. The number of benzene rings is 1. The molecule has 17 heavy (non-hydrogen) atoms. The summed E-state index contributed by atoms with van der Waals surface area (Å²) in [7, 11) is 1.28. The lowest BCUT2D eigenvalue weighted by Gasteiger charge is -2.06.